The molecule has 4 heteroatoms. The van der Waals surface area contributed by atoms with Gasteiger partial charge in [-0.2, -0.15) is 5.10 Å². The van der Waals surface area contributed by atoms with E-state index in [9.17, 15) is 0 Å². The first-order chi connectivity index (χ1) is 8.11. The summed E-state index contributed by atoms with van der Waals surface area (Å²) in [6.45, 7) is 4.28. The number of nitrogens with zero attached hydrogens (tertiary/aromatic N) is 2. The lowest BCUT2D eigenvalue weighted by molar-refractivity contribution is 0.281. The molecule has 17 heavy (non-hydrogen) atoms. The predicted molar refractivity (Wildman–Crippen MR) is 71.3 cm³/mol. The summed E-state index contributed by atoms with van der Waals surface area (Å²) in [5.74, 6) is 0.427. The van der Waals surface area contributed by atoms with Crippen LogP contribution in [-0.4, -0.2) is 14.9 Å². The number of hydrogen-bond acceptors (Lipinski definition) is 2. The average molecular weight is 295 g/mol. The summed E-state index contributed by atoms with van der Waals surface area (Å²) in [6.07, 6.45) is 1.95. The van der Waals surface area contributed by atoms with Crippen molar-refractivity contribution in [1.82, 2.24) is 9.78 Å². The molecule has 1 aromatic heterocycles. The zero-order valence-electron chi connectivity index (χ0n) is 9.89. The molecule has 0 fully saturated rings. The molecule has 0 saturated heterocycles. The number of benzene rings is 1. The van der Waals surface area contributed by atoms with Gasteiger partial charge in [0.1, 0.15) is 0 Å². The molecule has 0 radical (unpaired) electrons. The lowest BCUT2D eigenvalue weighted by atomic mass is 10.1. The Bertz CT molecular complexity index is 520. The van der Waals surface area contributed by atoms with E-state index in [1.165, 1.54) is 0 Å². The van der Waals surface area contributed by atoms with Crippen LogP contribution in [0.4, 0.5) is 0 Å². The van der Waals surface area contributed by atoms with E-state index in [1.807, 2.05) is 35.1 Å². The van der Waals surface area contributed by atoms with E-state index in [0.29, 0.717) is 5.92 Å². The van der Waals surface area contributed by atoms with Gasteiger partial charge in [-0.1, -0.05) is 35.8 Å². The minimum Gasteiger partial charge on any atom is -0.392 e. The maximum absolute atomic E-state index is 9.10. The van der Waals surface area contributed by atoms with Gasteiger partial charge < -0.3 is 5.11 Å². The van der Waals surface area contributed by atoms with E-state index in [1.54, 1.807) is 0 Å². The second kappa shape index (κ2) is 5.02. The normalized spacial score (nSPS) is 11.1. The molecule has 2 aromatic rings. The van der Waals surface area contributed by atoms with Crippen LogP contribution in [-0.2, 0) is 6.61 Å². The Hall–Kier alpha value is -1.13. The highest BCUT2D eigenvalue weighted by atomic mass is 79.9. The van der Waals surface area contributed by atoms with Crippen molar-refractivity contribution in [3.63, 3.8) is 0 Å². The van der Waals surface area contributed by atoms with E-state index in [4.69, 9.17) is 5.11 Å². The fraction of sp³-hybridized carbons (Fsp3) is 0.308. The van der Waals surface area contributed by atoms with E-state index >= 15 is 0 Å². The van der Waals surface area contributed by atoms with Crippen LogP contribution >= 0.6 is 15.9 Å². The van der Waals surface area contributed by atoms with Crippen molar-refractivity contribution in [2.45, 2.75) is 26.4 Å². The van der Waals surface area contributed by atoms with Gasteiger partial charge in [0.25, 0.3) is 0 Å². The fourth-order valence-electron chi connectivity index (χ4n) is 1.60. The highest BCUT2D eigenvalue weighted by Crippen LogP contribution is 2.21. The molecule has 0 saturated carbocycles. The predicted octanol–water partition coefficient (Wildman–Crippen LogP) is 3.25. The molecule has 2 rings (SSSR count). The zero-order valence-corrected chi connectivity index (χ0v) is 11.5. The lowest BCUT2D eigenvalue weighted by Gasteiger charge is -2.06. The van der Waals surface area contributed by atoms with Crippen LogP contribution in [0, 0.1) is 0 Å². The minimum absolute atomic E-state index is 0.0389. The van der Waals surface area contributed by atoms with Crippen LogP contribution in [0.15, 0.2) is 34.9 Å². The second-order valence-electron chi connectivity index (χ2n) is 4.27. The van der Waals surface area contributed by atoms with Crippen LogP contribution in [0.5, 0.6) is 0 Å². The molecule has 90 valence electrons. The first kappa shape index (κ1) is 12.3. The molecule has 3 nitrogen and oxygen atoms in total. The molecule has 0 aliphatic heterocycles. The highest BCUT2D eigenvalue weighted by Gasteiger charge is 2.06. The van der Waals surface area contributed by atoms with E-state index in [0.717, 1.165) is 21.4 Å². The van der Waals surface area contributed by atoms with Gasteiger partial charge >= 0.3 is 0 Å². The van der Waals surface area contributed by atoms with Crippen LogP contribution < -0.4 is 0 Å². The number of rotatable bonds is 3. The molecule has 0 spiro atoms. The molecular weight excluding hydrogens is 280 g/mol. The summed E-state index contributed by atoms with van der Waals surface area (Å²) in [6, 6.07) is 7.84. The van der Waals surface area contributed by atoms with Crippen molar-refractivity contribution in [1.29, 1.82) is 0 Å². The van der Waals surface area contributed by atoms with Crippen molar-refractivity contribution < 1.29 is 5.11 Å². The molecule has 1 heterocycles. The van der Waals surface area contributed by atoms with Crippen LogP contribution in [0.1, 0.15) is 31.0 Å². The minimum atomic E-state index is 0.0389. The van der Waals surface area contributed by atoms with Crippen LogP contribution in [0.25, 0.3) is 5.69 Å². The van der Waals surface area contributed by atoms with Gasteiger partial charge in [-0.15, -0.1) is 0 Å². The van der Waals surface area contributed by atoms with Crippen molar-refractivity contribution in [3.8, 4) is 5.69 Å². The quantitative estimate of drug-likeness (QED) is 0.944. The SMILES string of the molecule is CC(C)c1ccn(-c2ccc(CO)c(Br)c2)n1. The molecule has 0 unspecified atom stereocenters. The maximum Gasteiger partial charge on any atom is 0.0692 e. The largest absolute Gasteiger partial charge is 0.392 e. The number of aromatic nitrogens is 2. The molecule has 0 amide bonds. The number of aliphatic hydroxyl groups is 1. The third-order valence-corrected chi connectivity index (χ3v) is 3.41. The fourth-order valence-corrected chi connectivity index (χ4v) is 2.09. The van der Waals surface area contributed by atoms with Crippen LogP contribution in [0.3, 0.4) is 0 Å². The summed E-state index contributed by atoms with van der Waals surface area (Å²) in [4.78, 5) is 0. The Labute approximate surface area is 109 Å². The first-order valence-corrected chi connectivity index (χ1v) is 6.36. The monoisotopic (exact) mass is 294 g/mol. The van der Waals surface area contributed by atoms with E-state index < -0.39 is 0 Å². The van der Waals surface area contributed by atoms with Gasteiger partial charge in [0.2, 0.25) is 0 Å². The average Bonchev–Trinajstić information content (AvgIpc) is 2.78. The highest BCUT2D eigenvalue weighted by molar-refractivity contribution is 9.10. The molecular formula is C13H15BrN2O. The van der Waals surface area contributed by atoms with Gasteiger partial charge in [-0.25, -0.2) is 4.68 Å². The third kappa shape index (κ3) is 2.58. The Morgan fingerprint density at radius 2 is 2.12 bits per heavy atom. The topological polar surface area (TPSA) is 38.0 Å². The van der Waals surface area contributed by atoms with Crippen molar-refractivity contribution in [2.24, 2.45) is 0 Å². The van der Waals surface area contributed by atoms with Gasteiger partial charge in [-0.3, -0.25) is 0 Å². The smallest absolute Gasteiger partial charge is 0.0692 e. The first-order valence-electron chi connectivity index (χ1n) is 5.57. The third-order valence-electron chi connectivity index (χ3n) is 2.67. The van der Waals surface area contributed by atoms with E-state index in [2.05, 4.69) is 34.9 Å². The second-order valence-corrected chi connectivity index (χ2v) is 5.13. The molecule has 0 atom stereocenters. The molecule has 0 aliphatic carbocycles. The summed E-state index contributed by atoms with van der Waals surface area (Å²) < 4.78 is 2.75. The van der Waals surface area contributed by atoms with Gasteiger partial charge in [-0.05, 0) is 29.7 Å². The summed E-state index contributed by atoms with van der Waals surface area (Å²) in [5, 5.41) is 13.6. The summed E-state index contributed by atoms with van der Waals surface area (Å²) in [5.41, 5.74) is 2.94. The molecule has 1 aromatic carbocycles. The molecule has 0 aliphatic rings. The number of halogens is 1. The van der Waals surface area contributed by atoms with Gasteiger partial charge in [0, 0.05) is 10.7 Å². The Morgan fingerprint density at radius 1 is 1.35 bits per heavy atom. The number of hydrogen-bond donors (Lipinski definition) is 1. The van der Waals surface area contributed by atoms with Crippen LogP contribution in [0.2, 0.25) is 0 Å². The summed E-state index contributed by atoms with van der Waals surface area (Å²) >= 11 is 3.44. The number of aliphatic hydroxyl groups excluding tert-OH is 1. The maximum atomic E-state index is 9.10. The van der Waals surface area contributed by atoms with Gasteiger partial charge in [0.15, 0.2) is 0 Å². The van der Waals surface area contributed by atoms with Gasteiger partial charge in [0.05, 0.1) is 18.0 Å². The van der Waals surface area contributed by atoms with Crippen molar-refractivity contribution in [2.75, 3.05) is 0 Å². The standard InChI is InChI=1S/C13H15BrN2O/c1-9(2)13-5-6-16(15-13)11-4-3-10(8-17)12(14)7-11/h3-7,9,17H,8H2,1-2H3. The molecule has 0 bridgehead atoms. The lowest BCUT2D eigenvalue weighted by Crippen LogP contribution is -1.98. The Morgan fingerprint density at radius 3 is 2.65 bits per heavy atom. The van der Waals surface area contributed by atoms with Crippen molar-refractivity contribution in [3.05, 3.63) is 46.2 Å². The van der Waals surface area contributed by atoms with Crippen molar-refractivity contribution >= 4 is 15.9 Å². The molecule has 1 N–H and O–H groups in total. The zero-order chi connectivity index (χ0) is 12.4. The Balaban J connectivity index is 2.36. The van der Waals surface area contributed by atoms with E-state index in [-0.39, 0.29) is 6.61 Å². The Kier molecular flexibility index (Phi) is 3.64. The summed E-state index contributed by atoms with van der Waals surface area (Å²) in [7, 11) is 0.